The Kier molecular flexibility index (Phi) is 5.84. The minimum Gasteiger partial charge on any atom is -0.467 e. The molecule has 1 heterocycles. The molecule has 6 nitrogen and oxygen atoms in total. The predicted octanol–water partition coefficient (Wildman–Crippen LogP) is 5.38. The molecule has 5 rings (SSSR count). The molecule has 6 heteroatoms. The average Bonchev–Trinajstić information content (AvgIpc) is 3.28. The summed E-state index contributed by atoms with van der Waals surface area (Å²) in [7, 11) is 1.39. The minimum absolute atomic E-state index is 0.0823. The van der Waals surface area contributed by atoms with Gasteiger partial charge in [0.25, 0.3) is 0 Å². The largest absolute Gasteiger partial charge is 0.467 e. The number of amides is 1. The zero-order valence-corrected chi connectivity index (χ0v) is 21.7. The van der Waals surface area contributed by atoms with Crippen LogP contribution in [0.4, 0.5) is 4.79 Å². The number of carbonyl (C=O) groups excluding carboxylic acids is 3. The molecule has 34 heavy (non-hydrogen) atoms. The first-order chi connectivity index (χ1) is 16.0. The smallest absolute Gasteiger partial charge is 0.411 e. The lowest BCUT2D eigenvalue weighted by Gasteiger charge is -2.61. The van der Waals surface area contributed by atoms with Crippen molar-refractivity contribution in [1.29, 1.82) is 0 Å². The fourth-order valence-corrected chi connectivity index (χ4v) is 9.14. The van der Waals surface area contributed by atoms with Gasteiger partial charge in [-0.25, -0.2) is 9.59 Å². The second-order valence-corrected chi connectivity index (χ2v) is 13.1. The first-order valence-corrected chi connectivity index (χ1v) is 13.6. The van der Waals surface area contributed by atoms with Crippen molar-refractivity contribution in [2.24, 2.45) is 40.4 Å². The van der Waals surface area contributed by atoms with Gasteiger partial charge in [0.05, 0.1) is 13.7 Å². The molecule has 0 aromatic heterocycles. The SMILES string of the molecule is COC(=O)[C@H](CC(C)C)N1C[C@]2(CC[C@@]3(C)[C@@H](CC[C@@H]4[C@@H]3CC[C@]3(C)C(=O)CC[C@@H]43)C2)OC1=O. The van der Waals surface area contributed by atoms with E-state index in [4.69, 9.17) is 9.47 Å². The van der Waals surface area contributed by atoms with Crippen molar-refractivity contribution >= 4 is 17.8 Å². The van der Waals surface area contributed by atoms with Crippen molar-refractivity contribution in [2.45, 2.75) is 104 Å². The summed E-state index contributed by atoms with van der Waals surface area (Å²) in [6.07, 6.45) is 9.47. The number of rotatable bonds is 4. The highest BCUT2D eigenvalue weighted by molar-refractivity contribution is 5.87. The quantitative estimate of drug-likeness (QED) is 0.513. The van der Waals surface area contributed by atoms with Gasteiger partial charge in [0.2, 0.25) is 0 Å². The van der Waals surface area contributed by atoms with Crippen LogP contribution in [0, 0.1) is 40.4 Å². The van der Waals surface area contributed by atoms with Crippen molar-refractivity contribution in [3.63, 3.8) is 0 Å². The number of carbonyl (C=O) groups is 3. The van der Waals surface area contributed by atoms with E-state index in [1.807, 2.05) is 0 Å². The Morgan fingerprint density at radius 3 is 2.56 bits per heavy atom. The van der Waals surface area contributed by atoms with Gasteiger partial charge < -0.3 is 9.47 Å². The Labute approximate surface area is 204 Å². The number of nitrogens with zero attached hydrogens (tertiary/aromatic N) is 1. The van der Waals surface area contributed by atoms with Crippen molar-refractivity contribution in [3.8, 4) is 0 Å². The lowest BCUT2D eigenvalue weighted by Crippen LogP contribution is -2.56. The Morgan fingerprint density at radius 2 is 1.85 bits per heavy atom. The summed E-state index contributed by atoms with van der Waals surface area (Å²) in [6.45, 7) is 9.35. The third kappa shape index (κ3) is 3.52. The van der Waals surface area contributed by atoms with Crippen molar-refractivity contribution in [2.75, 3.05) is 13.7 Å². The molecule has 8 atom stereocenters. The summed E-state index contributed by atoms with van der Waals surface area (Å²) in [5.41, 5.74) is -0.314. The van der Waals surface area contributed by atoms with Crippen LogP contribution in [0.25, 0.3) is 0 Å². The fourth-order valence-electron chi connectivity index (χ4n) is 9.14. The molecule has 1 aliphatic heterocycles. The lowest BCUT2D eigenvalue weighted by molar-refractivity contribution is -0.149. The Morgan fingerprint density at radius 1 is 1.09 bits per heavy atom. The van der Waals surface area contributed by atoms with E-state index in [0.717, 1.165) is 51.4 Å². The van der Waals surface area contributed by atoms with Crippen LogP contribution in [0.3, 0.4) is 0 Å². The summed E-state index contributed by atoms with van der Waals surface area (Å²) in [4.78, 5) is 39.9. The number of ketones is 1. The van der Waals surface area contributed by atoms with Gasteiger partial charge >= 0.3 is 12.1 Å². The van der Waals surface area contributed by atoms with Crippen molar-refractivity contribution in [1.82, 2.24) is 4.90 Å². The monoisotopic (exact) mass is 473 g/mol. The number of hydrogen-bond donors (Lipinski definition) is 0. The van der Waals surface area contributed by atoms with Gasteiger partial charge in [0.15, 0.2) is 0 Å². The van der Waals surface area contributed by atoms with E-state index in [9.17, 15) is 14.4 Å². The zero-order valence-electron chi connectivity index (χ0n) is 21.7. The Hall–Kier alpha value is -1.59. The zero-order chi connectivity index (χ0) is 24.5. The molecule has 4 saturated carbocycles. The lowest BCUT2D eigenvalue weighted by atomic mass is 9.44. The van der Waals surface area contributed by atoms with Crippen LogP contribution in [-0.4, -0.2) is 48.0 Å². The molecule has 0 bridgehead atoms. The second-order valence-electron chi connectivity index (χ2n) is 13.1. The summed E-state index contributed by atoms with van der Waals surface area (Å²) in [6, 6.07) is -0.572. The van der Waals surface area contributed by atoms with E-state index < -0.39 is 11.6 Å². The fraction of sp³-hybridized carbons (Fsp3) is 0.893. The first-order valence-electron chi connectivity index (χ1n) is 13.6. The second kappa shape index (κ2) is 8.23. The molecule has 1 spiro atoms. The topological polar surface area (TPSA) is 72.9 Å². The molecule has 0 radical (unpaired) electrons. The molecule has 0 unspecified atom stereocenters. The number of esters is 1. The highest BCUT2D eigenvalue weighted by Gasteiger charge is 2.63. The van der Waals surface area contributed by atoms with Gasteiger partial charge in [-0.1, -0.05) is 27.7 Å². The van der Waals surface area contributed by atoms with Crippen molar-refractivity contribution < 1.29 is 23.9 Å². The molecule has 0 aromatic carbocycles. The molecule has 5 aliphatic rings. The van der Waals surface area contributed by atoms with Gasteiger partial charge in [-0.15, -0.1) is 0 Å². The standard InChI is InChI=1S/C28H43NO5/c1-17(2)14-22(24(31)33-5)29-16-28(34-25(29)32)13-12-26(3)18(15-28)6-7-19-20-8-9-23(30)27(20,4)11-10-21(19)26/h17-22H,6-16H2,1-5H3/t18-,19-,20-,21-,22-,26-,27-,28+/m0/s1. The maximum Gasteiger partial charge on any atom is 0.411 e. The van der Waals surface area contributed by atoms with Crippen LogP contribution in [-0.2, 0) is 19.1 Å². The summed E-state index contributed by atoms with van der Waals surface area (Å²) in [5.74, 6) is 2.85. The highest BCUT2D eigenvalue weighted by Crippen LogP contribution is 2.66. The number of Topliss-reactive ketones (excluding diaryl/α,β-unsaturated/α-hetero) is 1. The molecular formula is C28H43NO5. The van der Waals surface area contributed by atoms with E-state index >= 15 is 0 Å². The molecular weight excluding hydrogens is 430 g/mol. The maximum absolute atomic E-state index is 13.0. The number of methoxy groups -OCH3 is 1. The third-order valence-corrected chi connectivity index (χ3v) is 11.1. The van der Waals surface area contributed by atoms with Gasteiger partial charge in [0, 0.05) is 11.8 Å². The molecule has 1 saturated heterocycles. The van der Waals surface area contributed by atoms with Gasteiger partial charge in [-0.2, -0.15) is 0 Å². The van der Waals surface area contributed by atoms with E-state index in [0.29, 0.717) is 42.4 Å². The third-order valence-electron chi connectivity index (χ3n) is 11.1. The summed E-state index contributed by atoms with van der Waals surface area (Å²) < 4.78 is 11.2. The van der Waals surface area contributed by atoms with Gasteiger partial charge in [-0.05, 0) is 92.8 Å². The van der Waals surface area contributed by atoms with Crippen molar-refractivity contribution in [3.05, 3.63) is 0 Å². The molecule has 5 fully saturated rings. The summed E-state index contributed by atoms with van der Waals surface area (Å²) >= 11 is 0. The van der Waals surface area contributed by atoms with Crippen LogP contribution in [0.2, 0.25) is 0 Å². The highest BCUT2D eigenvalue weighted by atomic mass is 16.6. The van der Waals surface area contributed by atoms with Crippen LogP contribution in [0.1, 0.15) is 91.9 Å². The van der Waals surface area contributed by atoms with Gasteiger partial charge in [0.1, 0.15) is 17.4 Å². The van der Waals surface area contributed by atoms with E-state index in [1.54, 1.807) is 4.90 Å². The normalized spacial score (nSPS) is 44.5. The minimum atomic E-state index is -0.572. The first kappa shape index (κ1) is 24.1. The Balaban J connectivity index is 1.33. The van der Waals surface area contributed by atoms with Crippen LogP contribution < -0.4 is 0 Å². The molecule has 0 aromatic rings. The van der Waals surface area contributed by atoms with E-state index in [1.165, 1.54) is 13.5 Å². The number of fused-ring (bicyclic) bond motifs is 5. The van der Waals surface area contributed by atoms with Gasteiger partial charge in [-0.3, -0.25) is 9.69 Å². The van der Waals surface area contributed by atoms with Crippen LogP contribution in [0.5, 0.6) is 0 Å². The molecule has 1 amide bonds. The average molecular weight is 474 g/mol. The summed E-state index contributed by atoms with van der Waals surface area (Å²) in [5, 5.41) is 0. The van der Waals surface area contributed by atoms with Crippen LogP contribution in [0.15, 0.2) is 0 Å². The molecule has 190 valence electrons. The predicted molar refractivity (Wildman–Crippen MR) is 128 cm³/mol. The molecule has 0 N–H and O–H groups in total. The van der Waals surface area contributed by atoms with E-state index in [2.05, 4.69) is 27.7 Å². The number of hydrogen-bond acceptors (Lipinski definition) is 5. The number of ether oxygens (including phenoxy) is 2. The maximum atomic E-state index is 13.0. The Bertz CT molecular complexity index is 871. The van der Waals surface area contributed by atoms with Crippen LogP contribution >= 0.6 is 0 Å². The molecule has 4 aliphatic carbocycles. The van der Waals surface area contributed by atoms with E-state index in [-0.39, 0.29) is 28.8 Å².